The number of phenols is 1. The maximum Gasteiger partial charge on any atom is 0.165 e. The third kappa shape index (κ3) is 2.48. The molecule has 0 unspecified atom stereocenters. The summed E-state index contributed by atoms with van der Waals surface area (Å²) in [5.74, 6) is 0.0524. The number of aromatic nitrogens is 2. The number of benzene rings is 2. The first-order valence-electron chi connectivity index (χ1n) is 6.33. The summed E-state index contributed by atoms with van der Waals surface area (Å²) in [4.78, 5) is 8.18. The van der Waals surface area contributed by atoms with Gasteiger partial charge in [0, 0.05) is 11.5 Å². The van der Waals surface area contributed by atoms with Gasteiger partial charge in [-0.2, -0.15) is 0 Å². The van der Waals surface area contributed by atoms with Gasteiger partial charge in [-0.25, -0.2) is 14.4 Å². The fourth-order valence-electron chi connectivity index (χ4n) is 2.06. The molecule has 0 bridgehead atoms. The van der Waals surface area contributed by atoms with E-state index in [9.17, 15) is 9.50 Å². The van der Waals surface area contributed by atoms with Crippen molar-refractivity contribution in [3.05, 3.63) is 47.5 Å². The van der Waals surface area contributed by atoms with Crippen molar-refractivity contribution in [2.24, 2.45) is 0 Å². The predicted octanol–water partition coefficient (Wildman–Crippen LogP) is 3.88. The van der Waals surface area contributed by atoms with E-state index >= 15 is 0 Å². The summed E-state index contributed by atoms with van der Waals surface area (Å²) in [5.41, 5.74) is 0.692. The number of hydrogen-bond donors (Lipinski definition) is 2. The van der Waals surface area contributed by atoms with Crippen molar-refractivity contribution in [2.45, 2.75) is 0 Å². The van der Waals surface area contributed by atoms with Gasteiger partial charge in [0.15, 0.2) is 17.3 Å². The molecule has 3 aromatic rings. The van der Waals surface area contributed by atoms with Crippen LogP contribution in [0.5, 0.6) is 11.5 Å². The van der Waals surface area contributed by atoms with Gasteiger partial charge < -0.3 is 15.2 Å². The van der Waals surface area contributed by atoms with E-state index in [4.69, 9.17) is 16.3 Å². The molecule has 0 spiro atoms. The number of nitrogens with one attached hydrogen (secondary N) is 1. The fourth-order valence-corrected chi connectivity index (χ4v) is 2.24. The highest BCUT2D eigenvalue weighted by atomic mass is 35.5. The Hall–Kier alpha value is -2.60. The molecule has 0 saturated carbocycles. The van der Waals surface area contributed by atoms with Crippen LogP contribution >= 0.6 is 11.6 Å². The van der Waals surface area contributed by atoms with Crippen LogP contribution in [-0.2, 0) is 0 Å². The van der Waals surface area contributed by atoms with Crippen molar-refractivity contribution in [1.29, 1.82) is 0 Å². The molecule has 112 valence electrons. The summed E-state index contributed by atoms with van der Waals surface area (Å²) in [7, 11) is 1.44. The highest BCUT2D eigenvalue weighted by Gasteiger charge is 2.12. The van der Waals surface area contributed by atoms with E-state index in [0.717, 1.165) is 0 Å². The normalized spacial score (nSPS) is 10.7. The van der Waals surface area contributed by atoms with Gasteiger partial charge in [-0.15, -0.1) is 0 Å². The van der Waals surface area contributed by atoms with Crippen LogP contribution in [0, 0.1) is 5.82 Å². The Balaban J connectivity index is 2.12. The number of phenolic OH excluding ortho intramolecular Hbond substituents is 1. The number of rotatable bonds is 3. The number of halogens is 2. The van der Waals surface area contributed by atoms with Crippen molar-refractivity contribution in [2.75, 3.05) is 12.4 Å². The maximum absolute atomic E-state index is 14.0. The van der Waals surface area contributed by atoms with E-state index in [1.54, 1.807) is 18.2 Å². The number of methoxy groups -OCH3 is 1. The molecule has 0 atom stereocenters. The number of anilines is 2. The Morgan fingerprint density at radius 2 is 2.09 bits per heavy atom. The summed E-state index contributed by atoms with van der Waals surface area (Å²) in [6.07, 6.45) is 1.32. The maximum atomic E-state index is 14.0. The molecule has 1 aromatic heterocycles. The first-order chi connectivity index (χ1) is 10.6. The molecule has 2 aromatic carbocycles. The number of aromatic hydroxyl groups is 1. The topological polar surface area (TPSA) is 67.3 Å². The van der Waals surface area contributed by atoms with Crippen LogP contribution in [0.25, 0.3) is 10.9 Å². The number of fused-ring (bicyclic) bond motifs is 1. The Kier molecular flexibility index (Phi) is 3.68. The Morgan fingerprint density at radius 3 is 2.86 bits per heavy atom. The van der Waals surface area contributed by atoms with Crippen LogP contribution in [0.15, 0.2) is 36.7 Å². The SMILES string of the molecule is COc1cc2c(Nc3cccc(Cl)c3F)ncnc2cc1O. The second-order valence-corrected chi connectivity index (χ2v) is 4.90. The molecule has 0 amide bonds. The quantitative estimate of drug-likeness (QED) is 0.767. The van der Waals surface area contributed by atoms with E-state index < -0.39 is 5.82 Å². The second kappa shape index (κ2) is 5.65. The van der Waals surface area contributed by atoms with Crippen LogP contribution in [0.3, 0.4) is 0 Å². The zero-order chi connectivity index (χ0) is 15.7. The van der Waals surface area contributed by atoms with Crippen LogP contribution in [0.4, 0.5) is 15.9 Å². The van der Waals surface area contributed by atoms with Crippen molar-refractivity contribution < 1.29 is 14.2 Å². The molecule has 0 aliphatic carbocycles. The van der Waals surface area contributed by atoms with E-state index in [0.29, 0.717) is 16.7 Å². The third-order valence-corrected chi connectivity index (χ3v) is 3.43. The molecule has 7 heteroatoms. The van der Waals surface area contributed by atoms with Gasteiger partial charge in [-0.05, 0) is 18.2 Å². The molecule has 0 aliphatic rings. The minimum Gasteiger partial charge on any atom is -0.504 e. The van der Waals surface area contributed by atoms with E-state index in [-0.39, 0.29) is 22.2 Å². The van der Waals surface area contributed by atoms with Gasteiger partial charge in [0.1, 0.15) is 12.1 Å². The lowest BCUT2D eigenvalue weighted by Crippen LogP contribution is -1.99. The van der Waals surface area contributed by atoms with Crippen molar-refractivity contribution in [3.8, 4) is 11.5 Å². The lowest BCUT2D eigenvalue weighted by atomic mass is 10.2. The molecule has 5 nitrogen and oxygen atoms in total. The lowest BCUT2D eigenvalue weighted by Gasteiger charge is -2.11. The van der Waals surface area contributed by atoms with Gasteiger partial charge in [0.2, 0.25) is 0 Å². The lowest BCUT2D eigenvalue weighted by molar-refractivity contribution is 0.374. The molecule has 1 heterocycles. The monoisotopic (exact) mass is 319 g/mol. The molecule has 2 N–H and O–H groups in total. The van der Waals surface area contributed by atoms with Crippen molar-refractivity contribution in [1.82, 2.24) is 9.97 Å². The number of hydrogen-bond acceptors (Lipinski definition) is 5. The third-order valence-electron chi connectivity index (χ3n) is 3.14. The molecular formula is C15H11ClFN3O2. The first-order valence-corrected chi connectivity index (χ1v) is 6.70. The molecular weight excluding hydrogens is 309 g/mol. The van der Waals surface area contributed by atoms with E-state index in [2.05, 4.69) is 15.3 Å². The fraction of sp³-hybridized carbons (Fsp3) is 0.0667. The van der Waals surface area contributed by atoms with Gasteiger partial charge in [0.05, 0.1) is 23.3 Å². The number of ether oxygens (including phenoxy) is 1. The van der Waals surface area contributed by atoms with Gasteiger partial charge in [-0.3, -0.25) is 0 Å². The summed E-state index contributed by atoms with van der Waals surface area (Å²) in [6, 6.07) is 7.67. The van der Waals surface area contributed by atoms with Crippen molar-refractivity contribution >= 4 is 34.0 Å². The van der Waals surface area contributed by atoms with Crippen LogP contribution in [0.1, 0.15) is 0 Å². The average Bonchev–Trinajstić information content (AvgIpc) is 2.51. The summed E-state index contributed by atoms with van der Waals surface area (Å²) < 4.78 is 19.1. The zero-order valence-electron chi connectivity index (χ0n) is 11.5. The number of nitrogens with zero attached hydrogens (tertiary/aromatic N) is 2. The standard InChI is InChI=1S/C15H11ClFN3O2/c1-22-13-5-8-11(6-12(13)21)18-7-19-15(8)20-10-4-2-3-9(16)14(10)17/h2-7,21H,1H3,(H,18,19,20). The van der Waals surface area contributed by atoms with E-state index in [1.165, 1.54) is 25.6 Å². The molecule has 0 saturated heterocycles. The summed E-state index contributed by atoms with van der Waals surface area (Å²) in [5, 5.41) is 13.3. The largest absolute Gasteiger partial charge is 0.504 e. The zero-order valence-corrected chi connectivity index (χ0v) is 12.2. The first kappa shape index (κ1) is 14.3. The smallest absolute Gasteiger partial charge is 0.165 e. The van der Waals surface area contributed by atoms with Gasteiger partial charge in [0.25, 0.3) is 0 Å². The predicted molar refractivity (Wildman–Crippen MR) is 82.4 cm³/mol. The van der Waals surface area contributed by atoms with E-state index in [1.807, 2.05) is 0 Å². The molecule has 0 aliphatic heterocycles. The molecule has 0 fully saturated rings. The Labute approximate surface area is 130 Å². The van der Waals surface area contributed by atoms with Crippen molar-refractivity contribution in [3.63, 3.8) is 0 Å². The average molecular weight is 320 g/mol. The molecule has 22 heavy (non-hydrogen) atoms. The minimum absolute atomic E-state index is 0.0126. The summed E-state index contributed by atoms with van der Waals surface area (Å²) in [6.45, 7) is 0. The van der Waals surface area contributed by atoms with Gasteiger partial charge in [-0.1, -0.05) is 17.7 Å². The van der Waals surface area contributed by atoms with Gasteiger partial charge >= 0.3 is 0 Å². The Bertz CT molecular complexity index is 858. The minimum atomic E-state index is -0.568. The highest BCUT2D eigenvalue weighted by Crippen LogP contribution is 2.34. The second-order valence-electron chi connectivity index (χ2n) is 4.49. The van der Waals surface area contributed by atoms with Crippen LogP contribution in [-0.4, -0.2) is 22.2 Å². The summed E-state index contributed by atoms with van der Waals surface area (Å²) >= 11 is 5.77. The Morgan fingerprint density at radius 1 is 1.27 bits per heavy atom. The molecule has 3 rings (SSSR count). The van der Waals surface area contributed by atoms with Crippen LogP contribution < -0.4 is 10.1 Å². The molecule has 0 radical (unpaired) electrons. The van der Waals surface area contributed by atoms with Crippen LogP contribution in [0.2, 0.25) is 5.02 Å². The highest BCUT2D eigenvalue weighted by molar-refractivity contribution is 6.31.